The molecule has 1 aliphatic heterocycles. The molecule has 26 heavy (non-hydrogen) atoms. The molecule has 0 bridgehead atoms. The molecule has 1 atom stereocenters. The van der Waals surface area contributed by atoms with Gasteiger partial charge in [-0.2, -0.15) is 0 Å². The zero-order valence-electron chi connectivity index (χ0n) is 14.7. The topological polar surface area (TPSA) is 54.5 Å². The lowest BCUT2D eigenvalue weighted by Gasteiger charge is -2.28. The molecule has 1 heterocycles. The third-order valence-corrected chi connectivity index (χ3v) is 6.79. The summed E-state index contributed by atoms with van der Waals surface area (Å²) >= 11 is 5.91. The van der Waals surface area contributed by atoms with Crippen LogP contribution in [-0.2, 0) is 22.8 Å². The fourth-order valence-electron chi connectivity index (χ4n) is 3.22. The molecule has 2 aromatic rings. The second kappa shape index (κ2) is 7.80. The van der Waals surface area contributed by atoms with Crippen molar-refractivity contribution >= 4 is 27.3 Å². The van der Waals surface area contributed by atoms with Gasteiger partial charge in [0.15, 0.2) is 9.84 Å². The van der Waals surface area contributed by atoms with Gasteiger partial charge in [-0.05, 0) is 48.2 Å². The summed E-state index contributed by atoms with van der Waals surface area (Å²) in [6, 6.07) is 14.5. The lowest BCUT2D eigenvalue weighted by molar-refractivity contribution is 0.0681. The molecule has 4 nitrogen and oxygen atoms in total. The van der Waals surface area contributed by atoms with Gasteiger partial charge in [0, 0.05) is 23.2 Å². The number of carbonyl (C=O) groups is 1. The van der Waals surface area contributed by atoms with E-state index >= 15 is 0 Å². The molecule has 0 N–H and O–H groups in total. The van der Waals surface area contributed by atoms with E-state index in [0.717, 1.165) is 12.0 Å². The number of aryl methyl sites for hydroxylation is 1. The molecular formula is C20H22ClNO3S. The number of halogens is 1. The lowest BCUT2D eigenvalue weighted by atomic mass is 10.1. The first kappa shape index (κ1) is 18.9. The summed E-state index contributed by atoms with van der Waals surface area (Å²) in [6.07, 6.45) is 1.43. The fourth-order valence-corrected chi connectivity index (χ4v) is 5.08. The molecule has 138 valence electrons. The van der Waals surface area contributed by atoms with Crippen LogP contribution in [0.5, 0.6) is 0 Å². The van der Waals surface area contributed by atoms with E-state index in [4.69, 9.17) is 11.6 Å². The first-order valence-corrected chi connectivity index (χ1v) is 10.9. The van der Waals surface area contributed by atoms with Crippen LogP contribution in [0.4, 0.5) is 0 Å². The summed E-state index contributed by atoms with van der Waals surface area (Å²) in [5.41, 5.74) is 2.74. The van der Waals surface area contributed by atoms with Crippen LogP contribution in [0.1, 0.15) is 34.8 Å². The van der Waals surface area contributed by atoms with Gasteiger partial charge in [-0.1, -0.05) is 42.8 Å². The van der Waals surface area contributed by atoms with Crippen molar-refractivity contribution in [2.45, 2.75) is 32.4 Å². The van der Waals surface area contributed by atoms with E-state index in [2.05, 4.69) is 6.92 Å². The fraction of sp³-hybridized carbons (Fsp3) is 0.350. The standard InChI is InChI=1S/C20H22ClNO3S/c1-2-15-3-5-16(6-4-15)13-22(19-11-12-26(24,25)14-19)20(23)17-7-9-18(21)10-8-17/h3-10,19H,2,11-14H2,1H3/t19-/m1/s1. The van der Waals surface area contributed by atoms with Crippen LogP contribution in [0.25, 0.3) is 0 Å². The summed E-state index contributed by atoms with van der Waals surface area (Å²) in [7, 11) is -3.08. The van der Waals surface area contributed by atoms with Crippen molar-refractivity contribution in [3.05, 3.63) is 70.2 Å². The highest BCUT2D eigenvalue weighted by Gasteiger charge is 2.35. The molecule has 3 rings (SSSR count). The Bertz CT molecular complexity index is 876. The molecular weight excluding hydrogens is 370 g/mol. The molecule has 0 unspecified atom stereocenters. The van der Waals surface area contributed by atoms with Gasteiger partial charge in [0.1, 0.15) is 0 Å². The summed E-state index contributed by atoms with van der Waals surface area (Å²) in [5, 5.41) is 0.562. The maximum atomic E-state index is 13.1. The Morgan fingerprint density at radius 1 is 1.08 bits per heavy atom. The monoisotopic (exact) mass is 391 g/mol. The average Bonchev–Trinajstić information content (AvgIpc) is 3.00. The van der Waals surface area contributed by atoms with Crippen LogP contribution in [0.15, 0.2) is 48.5 Å². The Balaban J connectivity index is 1.88. The first-order chi connectivity index (χ1) is 12.4. The van der Waals surface area contributed by atoms with Crippen LogP contribution < -0.4 is 0 Å². The van der Waals surface area contributed by atoms with Crippen molar-refractivity contribution in [1.29, 1.82) is 0 Å². The molecule has 1 amide bonds. The third kappa shape index (κ3) is 4.46. The number of hydrogen-bond acceptors (Lipinski definition) is 3. The van der Waals surface area contributed by atoms with Crippen molar-refractivity contribution < 1.29 is 13.2 Å². The summed E-state index contributed by atoms with van der Waals surface area (Å²) < 4.78 is 23.9. The van der Waals surface area contributed by atoms with Gasteiger partial charge in [0.25, 0.3) is 5.91 Å². The Kier molecular flexibility index (Phi) is 5.68. The van der Waals surface area contributed by atoms with Gasteiger partial charge < -0.3 is 4.90 Å². The highest BCUT2D eigenvalue weighted by Crippen LogP contribution is 2.23. The highest BCUT2D eigenvalue weighted by atomic mass is 35.5. The largest absolute Gasteiger partial charge is 0.330 e. The van der Waals surface area contributed by atoms with Crippen LogP contribution in [0, 0.1) is 0 Å². The van der Waals surface area contributed by atoms with E-state index in [1.165, 1.54) is 5.56 Å². The number of rotatable bonds is 5. The smallest absolute Gasteiger partial charge is 0.254 e. The number of amides is 1. The normalized spacial score (nSPS) is 18.6. The van der Waals surface area contributed by atoms with Crippen molar-refractivity contribution in [1.82, 2.24) is 4.90 Å². The van der Waals surface area contributed by atoms with Crippen molar-refractivity contribution in [3.63, 3.8) is 0 Å². The predicted octanol–water partition coefficient (Wildman–Crippen LogP) is 3.73. The number of carbonyl (C=O) groups excluding carboxylic acids is 1. The number of nitrogens with zero attached hydrogens (tertiary/aromatic N) is 1. The molecule has 2 aromatic carbocycles. The summed E-state index contributed by atoms with van der Waals surface area (Å²) in [6.45, 7) is 2.49. The van der Waals surface area contributed by atoms with Crippen LogP contribution >= 0.6 is 11.6 Å². The van der Waals surface area contributed by atoms with E-state index in [1.807, 2.05) is 24.3 Å². The summed E-state index contributed by atoms with van der Waals surface area (Å²) in [5.74, 6) is -0.000672. The molecule has 1 saturated heterocycles. The minimum atomic E-state index is -3.08. The van der Waals surface area contributed by atoms with E-state index in [-0.39, 0.29) is 23.5 Å². The van der Waals surface area contributed by atoms with E-state index in [1.54, 1.807) is 29.2 Å². The maximum absolute atomic E-state index is 13.1. The number of benzene rings is 2. The second-order valence-electron chi connectivity index (χ2n) is 6.67. The van der Waals surface area contributed by atoms with Crippen molar-refractivity contribution in [2.24, 2.45) is 0 Å². The predicted molar refractivity (Wildman–Crippen MR) is 104 cm³/mol. The van der Waals surface area contributed by atoms with Crippen molar-refractivity contribution in [2.75, 3.05) is 11.5 Å². The summed E-state index contributed by atoms with van der Waals surface area (Å²) in [4.78, 5) is 14.8. The Labute approximate surface area is 159 Å². The number of hydrogen-bond donors (Lipinski definition) is 0. The second-order valence-corrected chi connectivity index (χ2v) is 9.33. The molecule has 0 aliphatic carbocycles. The molecule has 0 aromatic heterocycles. The van der Waals surface area contributed by atoms with Gasteiger partial charge in [-0.15, -0.1) is 0 Å². The van der Waals surface area contributed by atoms with Crippen LogP contribution in [0.3, 0.4) is 0 Å². The maximum Gasteiger partial charge on any atom is 0.254 e. The van der Waals surface area contributed by atoms with E-state index in [9.17, 15) is 13.2 Å². The van der Waals surface area contributed by atoms with Crippen LogP contribution in [-0.4, -0.2) is 36.8 Å². The van der Waals surface area contributed by atoms with Crippen molar-refractivity contribution in [3.8, 4) is 0 Å². The zero-order chi connectivity index (χ0) is 18.7. The Morgan fingerprint density at radius 3 is 2.23 bits per heavy atom. The van der Waals surface area contributed by atoms with Crippen LogP contribution in [0.2, 0.25) is 5.02 Å². The van der Waals surface area contributed by atoms with Gasteiger partial charge in [-0.3, -0.25) is 4.79 Å². The molecule has 1 aliphatic rings. The van der Waals surface area contributed by atoms with Gasteiger partial charge in [0.2, 0.25) is 0 Å². The Hall–Kier alpha value is -1.85. The van der Waals surface area contributed by atoms with E-state index < -0.39 is 9.84 Å². The highest BCUT2D eigenvalue weighted by molar-refractivity contribution is 7.91. The molecule has 6 heteroatoms. The molecule has 0 saturated carbocycles. The average molecular weight is 392 g/mol. The minimum absolute atomic E-state index is 0.0272. The zero-order valence-corrected chi connectivity index (χ0v) is 16.3. The first-order valence-electron chi connectivity index (χ1n) is 8.73. The Morgan fingerprint density at radius 2 is 1.69 bits per heavy atom. The lowest BCUT2D eigenvalue weighted by Crippen LogP contribution is -2.40. The quantitative estimate of drug-likeness (QED) is 0.780. The van der Waals surface area contributed by atoms with Gasteiger partial charge in [-0.25, -0.2) is 8.42 Å². The molecule has 0 spiro atoms. The number of sulfone groups is 1. The SMILES string of the molecule is CCc1ccc(CN(C(=O)c2ccc(Cl)cc2)[C@@H]2CCS(=O)(=O)C2)cc1. The van der Waals surface area contributed by atoms with Gasteiger partial charge in [0.05, 0.1) is 11.5 Å². The molecule has 0 radical (unpaired) electrons. The minimum Gasteiger partial charge on any atom is -0.330 e. The molecule has 1 fully saturated rings. The van der Waals surface area contributed by atoms with Gasteiger partial charge >= 0.3 is 0 Å². The van der Waals surface area contributed by atoms with E-state index in [0.29, 0.717) is 23.6 Å². The third-order valence-electron chi connectivity index (χ3n) is 4.79.